The Labute approximate surface area is 107 Å². The van der Waals surface area contributed by atoms with E-state index >= 15 is 0 Å². The molecule has 0 saturated carbocycles. The first-order valence-electron chi connectivity index (χ1n) is 5.85. The van der Waals surface area contributed by atoms with Crippen LogP contribution < -0.4 is 15.8 Å². The van der Waals surface area contributed by atoms with Gasteiger partial charge in [-0.2, -0.15) is 0 Å². The number of anilines is 1. The Kier molecular flexibility index (Phi) is 4.97. The standard InChI is InChI=1S/C13H20N2O3/c1-13(2,17)9-15-12(16)7-8-18-11-6-4-3-5-10(11)14/h3-6,17H,7-9,14H2,1-2H3,(H,15,16). The van der Waals surface area contributed by atoms with Crippen LogP contribution in [0.5, 0.6) is 5.75 Å². The Balaban J connectivity index is 2.26. The summed E-state index contributed by atoms with van der Waals surface area (Å²) < 4.78 is 5.39. The highest BCUT2D eigenvalue weighted by Crippen LogP contribution is 2.19. The number of rotatable bonds is 6. The van der Waals surface area contributed by atoms with Gasteiger partial charge in [-0.05, 0) is 26.0 Å². The maximum atomic E-state index is 11.4. The fourth-order valence-electron chi connectivity index (χ4n) is 1.27. The third-order valence-corrected chi connectivity index (χ3v) is 2.22. The Morgan fingerprint density at radius 1 is 1.44 bits per heavy atom. The summed E-state index contributed by atoms with van der Waals surface area (Å²) in [5.41, 5.74) is 5.34. The summed E-state index contributed by atoms with van der Waals surface area (Å²) in [5, 5.41) is 12.1. The molecule has 0 fully saturated rings. The summed E-state index contributed by atoms with van der Waals surface area (Å²) in [6.07, 6.45) is 0.227. The van der Waals surface area contributed by atoms with Crippen LogP contribution in [-0.2, 0) is 4.79 Å². The van der Waals surface area contributed by atoms with E-state index in [9.17, 15) is 9.90 Å². The number of para-hydroxylation sites is 2. The highest BCUT2D eigenvalue weighted by molar-refractivity contribution is 5.76. The van der Waals surface area contributed by atoms with Crippen molar-refractivity contribution < 1.29 is 14.6 Å². The fourth-order valence-corrected chi connectivity index (χ4v) is 1.27. The van der Waals surface area contributed by atoms with E-state index in [0.29, 0.717) is 11.4 Å². The van der Waals surface area contributed by atoms with Gasteiger partial charge in [-0.15, -0.1) is 0 Å². The SMILES string of the molecule is CC(C)(O)CNC(=O)CCOc1ccccc1N. The van der Waals surface area contributed by atoms with Crippen LogP contribution in [0.15, 0.2) is 24.3 Å². The summed E-state index contributed by atoms with van der Waals surface area (Å²) >= 11 is 0. The van der Waals surface area contributed by atoms with Gasteiger partial charge in [0.2, 0.25) is 5.91 Å². The molecule has 0 bridgehead atoms. The third-order valence-electron chi connectivity index (χ3n) is 2.22. The molecule has 0 saturated heterocycles. The van der Waals surface area contributed by atoms with Crippen LogP contribution in [0.4, 0.5) is 5.69 Å². The van der Waals surface area contributed by atoms with Crippen LogP contribution in [0.25, 0.3) is 0 Å². The van der Waals surface area contributed by atoms with Gasteiger partial charge in [0.15, 0.2) is 0 Å². The van der Waals surface area contributed by atoms with Crippen LogP contribution >= 0.6 is 0 Å². The lowest BCUT2D eigenvalue weighted by Crippen LogP contribution is -2.38. The monoisotopic (exact) mass is 252 g/mol. The number of benzene rings is 1. The Hall–Kier alpha value is -1.75. The molecule has 0 unspecified atom stereocenters. The minimum absolute atomic E-state index is 0.161. The van der Waals surface area contributed by atoms with E-state index < -0.39 is 5.60 Å². The molecular formula is C13H20N2O3. The minimum atomic E-state index is -0.902. The Morgan fingerprint density at radius 3 is 2.72 bits per heavy atom. The molecule has 4 N–H and O–H groups in total. The maximum absolute atomic E-state index is 11.4. The lowest BCUT2D eigenvalue weighted by atomic mass is 10.1. The summed E-state index contributed by atoms with van der Waals surface area (Å²) in [6.45, 7) is 3.74. The molecule has 0 radical (unpaired) electrons. The van der Waals surface area contributed by atoms with Crippen molar-refractivity contribution in [1.29, 1.82) is 0 Å². The molecular weight excluding hydrogens is 232 g/mol. The number of ether oxygens (including phenoxy) is 1. The number of nitrogen functional groups attached to an aromatic ring is 1. The molecule has 100 valence electrons. The van der Waals surface area contributed by atoms with E-state index in [1.807, 2.05) is 12.1 Å². The van der Waals surface area contributed by atoms with Gasteiger partial charge in [-0.1, -0.05) is 12.1 Å². The predicted octanol–water partition coefficient (Wildman–Crippen LogP) is 0.925. The van der Waals surface area contributed by atoms with Gasteiger partial charge in [0.05, 0.1) is 24.3 Å². The number of hydrogen-bond donors (Lipinski definition) is 3. The first-order valence-corrected chi connectivity index (χ1v) is 5.85. The number of carbonyl (C=O) groups excluding carboxylic acids is 1. The smallest absolute Gasteiger partial charge is 0.223 e. The summed E-state index contributed by atoms with van der Waals surface area (Å²) in [5.74, 6) is 0.416. The molecule has 5 nitrogen and oxygen atoms in total. The van der Waals surface area contributed by atoms with Gasteiger partial charge in [-0.25, -0.2) is 0 Å². The number of carbonyl (C=O) groups is 1. The number of nitrogens with two attached hydrogens (primary N) is 1. The molecule has 0 aliphatic carbocycles. The lowest BCUT2D eigenvalue weighted by molar-refractivity contribution is -0.122. The normalized spacial score (nSPS) is 11.1. The largest absolute Gasteiger partial charge is 0.491 e. The van der Waals surface area contributed by atoms with Gasteiger partial charge in [0.1, 0.15) is 5.75 Å². The van der Waals surface area contributed by atoms with Gasteiger partial charge < -0.3 is 20.9 Å². The molecule has 0 aliphatic heterocycles. The van der Waals surface area contributed by atoms with E-state index in [4.69, 9.17) is 10.5 Å². The third kappa shape index (κ3) is 5.54. The second kappa shape index (κ2) is 6.26. The molecule has 5 heteroatoms. The lowest BCUT2D eigenvalue weighted by Gasteiger charge is -2.17. The van der Waals surface area contributed by atoms with Gasteiger partial charge in [-0.3, -0.25) is 4.79 Å². The van der Waals surface area contributed by atoms with Crippen molar-refractivity contribution in [2.24, 2.45) is 0 Å². The molecule has 0 aromatic heterocycles. The number of amides is 1. The van der Waals surface area contributed by atoms with Crippen LogP contribution in [0, 0.1) is 0 Å². The Morgan fingerprint density at radius 2 is 2.11 bits per heavy atom. The summed E-state index contributed by atoms with van der Waals surface area (Å²) in [4.78, 5) is 11.4. The van der Waals surface area contributed by atoms with E-state index in [2.05, 4.69) is 5.32 Å². The first-order chi connectivity index (χ1) is 8.38. The fraction of sp³-hybridized carbons (Fsp3) is 0.462. The van der Waals surface area contributed by atoms with Crippen LogP contribution in [0.1, 0.15) is 20.3 Å². The number of hydrogen-bond acceptors (Lipinski definition) is 4. The van der Waals surface area contributed by atoms with Crippen molar-refractivity contribution in [1.82, 2.24) is 5.32 Å². The summed E-state index contributed by atoms with van der Waals surface area (Å²) in [7, 11) is 0. The predicted molar refractivity (Wildman–Crippen MR) is 70.3 cm³/mol. The zero-order chi connectivity index (χ0) is 13.6. The molecule has 1 aromatic rings. The average Bonchev–Trinajstić information content (AvgIpc) is 2.28. The van der Waals surface area contributed by atoms with Crippen molar-refractivity contribution >= 4 is 11.6 Å². The van der Waals surface area contributed by atoms with Crippen molar-refractivity contribution in [3.63, 3.8) is 0 Å². The molecule has 0 heterocycles. The summed E-state index contributed by atoms with van der Waals surface area (Å²) in [6, 6.07) is 7.13. The molecule has 1 amide bonds. The topological polar surface area (TPSA) is 84.6 Å². The van der Waals surface area contributed by atoms with Crippen molar-refractivity contribution in [2.45, 2.75) is 25.9 Å². The van der Waals surface area contributed by atoms with Crippen LogP contribution in [0.2, 0.25) is 0 Å². The molecule has 1 aromatic carbocycles. The highest BCUT2D eigenvalue weighted by atomic mass is 16.5. The second-order valence-corrected chi connectivity index (χ2v) is 4.73. The number of nitrogens with one attached hydrogen (secondary N) is 1. The van der Waals surface area contributed by atoms with Crippen LogP contribution in [0.3, 0.4) is 0 Å². The second-order valence-electron chi connectivity index (χ2n) is 4.73. The number of aliphatic hydroxyl groups is 1. The zero-order valence-electron chi connectivity index (χ0n) is 10.8. The quantitative estimate of drug-likeness (QED) is 0.657. The van der Waals surface area contributed by atoms with Gasteiger partial charge in [0, 0.05) is 6.54 Å². The zero-order valence-corrected chi connectivity index (χ0v) is 10.8. The van der Waals surface area contributed by atoms with Crippen LogP contribution in [-0.4, -0.2) is 29.8 Å². The van der Waals surface area contributed by atoms with Gasteiger partial charge in [0.25, 0.3) is 0 Å². The molecule has 0 spiro atoms. The van der Waals surface area contributed by atoms with Crippen molar-refractivity contribution in [3.05, 3.63) is 24.3 Å². The van der Waals surface area contributed by atoms with E-state index in [-0.39, 0.29) is 25.5 Å². The molecule has 18 heavy (non-hydrogen) atoms. The highest BCUT2D eigenvalue weighted by Gasteiger charge is 2.13. The van der Waals surface area contributed by atoms with E-state index in [1.165, 1.54) is 0 Å². The van der Waals surface area contributed by atoms with E-state index in [1.54, 1.807) is 26.0 Å². The van der Waals surface area contributed by atoms with Gasteiger partial charge >= 0.3 is 0 Å². The van der Waals surface area contributed by atoms with E-state index in [0.717, 1.165) is 0 Å². The molecule has 1 rings (SSSR count). The minimum Gasteiger partial charge on any atom is -0.491 e. The molecule has 0 atom stereocenters. The van der Waals surface area contributed by atoms with Crippen molar-refractivity contribution in [3.8, 4) is 5.75 Å². The van der Waals surface area contributed by atoms with Crippen molar-refractivity contribution in [2.75, 3.05) is 18.9 Å². The first kappa shape index (κ1) is 14.3. The Bertz CT molecular complexity index is 399. The maximum Gasteiger partial charge on any atom is 0.223 e. The average molecular weight is 252 g/mol. The molecule has 0 aliphatic rings.